The van der Waals surface area contributed by atoms with Crippen molar-refractivity contribution in [3.05, 3.63) is 92.6 Å². The molecule has 1 fully saturated rings. The minimum Gasteiger partial charge on any atom is -0.423 e. The van der Waals surface area contributed by atoms with Crippen LogP contribution in [0.1, 0.15) is 39.7 Å². The van der Waals surface area contributed by atoms with Crippen molar-refractivity contribution in [2.75, 3.05) is 13.1 Å². The van der Waals surface area contributed by atoms with E-state index in [1.165, 1.54) is 0 Å². The number of benzene rings is 2. The number of hydrogen-bond acceptors (Lipinski definition) is 5. The average Bonchev–Trinajstić information content (AvgIpc) is 3.10. The lowest BCUT2D eigenvalue weighted by Gasteiger charge is -2.35. The van der Waals surface area contributed by atoms with Gasteiger partial charge in [-0.05, 0) is 68.7 Å². The number of nitrogens with one attached hydrogen (secondary N) is 1. The molecule has 0 spiro atoms. The van der Waals surface area contributed by atoms with E-state index in [-0.39, 0.29) is 11.5 Å². The van der Waals surface area contributed by atoms with Crippen LogP contribution in [0.3, 0.4) is 0 Å². The Labute approximate surface area is 198 Å². The lowest BCUT2D eigenvalue weighted by molar-refractivity contribution is -0.129. The third kappa shape index (κ3) is 3.82. The molecule has 174 valence electrons. The summed E-state index contributed by atoms with van der Waals surface area (Å²) in [4.78, 5) is 27.7. The molecule has 0 aliphatic carbocycles. The van der Waals surface area contributed by atoms with Crippen LogP contribution in [-0.4, -0.2) is 33.7 Å². The predicted molar refractivity (Wildman–Crippen MR) is 131 cm³/mol. The van der Waals surface area contributed by atoms with Gasteiger partial charge in [-0.25, -0.2) is 9.48 Å². The molecule has 4 aromatic rings. The largest absolute Gasteiger partial charge is 0.423 e. The normalized spacial score (nSPS) is 16.7. The van der Waals surface area contributed by atoms with Gasteiger partial charge in [0.1, 0.15) is 11.6 Å². The zero-order chi connectivity index (χ0) is 24.0. The first-order chi connectivity index (χ1) is 16.3. The van der Waals surface area contributed by atoms with E-state index in [2.05, 4.69) is 16.3 Å². The van der Waals surface area contributed by atoms with Crippen LogP contribution in [0.15, 0.2) is 57.7 Å². The van der Waals surface area contributed by atoms with Crippen molar-refractivity contribution in [2.45, 2.75) is 40.3 Å². The fourth-order valence-electron chi connectivity index (χ4n) is 4.90. The fourth-order valence-corrected chi connectivity index (χ4v) is 4.90. The number of piperazine rings is 1. The highest BCUT2D eigenvalue weighted by molar-refractivity contribution is 5.85. The van der Waals surface area contributed by atoms with Crippen molar-refractivity contribution in [1.82, 2.24) is 20.0 Å². The van der Waals surface area contributed by atoms with Crippen molar-refractivity contribution in [1.29, 1.82) is 0 Å². The number of aromatic nitrogens is 2. The van der Waals surface area contributed by atoms with Crippen molar-refractivity contribution in [2.24, 2.45) is 0 Å². The van der Waals surface area contributed by atoms with E-state index in [0.29, 0.717) is 25.2 Å². The Morgan fingerprint density at radius 3 is 2.53 bits per heavy atom. The van der Waals surface area contributed by atoms with Gasteiger partial charge in [0.15, 0.2) is 0 Å². The van der Waals surface area contributed by atoms with Gasteiger partial charge in [0.2, 0.25) is 5.91 Å². The first kappa shape index (κ1) is 22.1. The van der Waals surface area contributed by atoms with Crippen molar-refractivity contribution < 1.29 is 9.21 Å². The van der Waals surface area contributed by atoms with E-state index in [1.54, 1.807) is 6.07 Å². The zero-order valence-electron chi connectivity index (χ0n) is 19.9. The molecular formula is C27H28N4O3. The van der Waals surface area contributed by atoms with E-state index >= 15 is 0 Å². The molecule has 5 rings (SSSR count). The molecule has 0 bridgehead atoms. The summed E-state index contributed by atoms with van der Waals surface area (Å²) in [6.07, 6.45) is 0. The molecule has 1 N–H and O–H groups in total. The highest BCUT2D eigenvalue weighted by Crippen LogP contribution is 2.32. The Hall–Kier alpha value is -3.71. The van der Waals surface area contributed by atoms with Crippen molar-refractivity contribution in [3.63, 3.8) is 0 Å². The number of aryl methyl sites for hydroxylation is 3. The summed E-state index contributed by atoms with van der Waals surface area (Å²) in [5, 5.41) is 8.68. The number of rotatable bonds is 4. The van der Waals surface area contributed by atoms with Gasteiger partial charge < -0.3 is 9.73 Å². The highest BCUT2D eigenvalue weighted by atomic mass is 16.4. The summed E-state index contributed by atoms with van der Waals surface area (Å²) >= 11 is 0. The number of hydrogen-bond donors (Lipinski definition) is 1. The molecule has 1 amide bonds. The Balaban J connectivity index is 1.59. The number of carbonyl (C=O) groups is 1. The molecule has 34 heavy (non-hydrogen) atoms. The Morgan fingerprint density at radius 1 is 1.03 bits per heavy atom. The number of carbonyl (C=O) groups excluding carboxylic acids is 1. The second-order valence-electron chi connectivity index (χ2n) is 9.02. The predicted octanol–water partition coefficient (Wildman–Crippen LogP) is 3.89. The van der Waals surface area contributed by atoms with Gasteiger partial charge in [0, 0.05) is 42.3 Å². The number of nitrogens with zero attached hydrogens (tertiary/aromatic N) is 3. The molecule has 1 saturated heterocycles. The third-order valence-corrected chi connectivity index (χ3v) is 6.75. The maximum absolute atomic E-state index is 13.2. The Bertz CT molecular complexity index is 1450. The van der Waals surface area contributed by atoms with Gasteiger partial charge >= 0.3 is 5.63 Å². The van der Waals surface area contributed by atoms with Gasteiger partial charge in [0.05, 0.1) is 11.4 Å². The quantitative estimate of drug-likeness (QED) is 0.472. The summed E-state index contributed by atoms with van der Waals surface area (Å²) < 4.78 is 7.38. The molecule has 2 aromatic carbocycles. The van der Waals surface area contributed by atoms with E-state index < -0.39 is 6.04 Å². The van der Waals surface area contributed by atoms with Crippen LogP contribution in [0.2, 0.25) is 0 Å². The van der Waals surface area contributed by atoms with Gasteiger partial charge in [0.25, 0.3) is 0 Å². The first-order valence-electron chi connectivity index (χ1n) is 11.5. The summed E-state index contributed by atoms with van der Waals surface area (Å²) in [6.45, 7) is 9.67. The second-order valence-corrected chi connectivity index (χ2v) is 9.02. The van der Waals surface area contributed by atoms with Gasteiger partial charge in [-0.15, -0.1) is 0 Å². The third-order valence-electron chi connectivity index (χ3n) is 6.75. The molecule has 0 unspecified atom stereocenters. The maximum atomic E-state index is 13.2. The van der Waals surface area contributed by atoms with E-state index in [9.17, 15) is 9.59 Å². The van der Waals surface area contributed by atoms with Gasteiger partial charge in [-0.2, -0.15) is 5.10 Å². The van der Waals surface area contributed by atoms with Crippen LogP contribution in [-0.2, 0) is 11.3 Å². The topological polar surface area (TPSA) is 80.4 Å². The summed E-state index contributed by atoms with van der Waals surface area (Å²) in [7, 11) is 0. The Morgan fingerprint density at radius 2 is 1.76 bits per heavy atom. The van der Waals surface area contributed by atoms with Crippen molar-refractivity contribution in [3.8, 4) is 5.69 Å². The highest BCUT2D eigenvalue weighted by Gasteiger charge is 2.35. The summed E-state index contributed by atoms with van der Waals surface area (Å²) in [5.41, 5.74) is 6.86. The SMILES string of the molecule is Cc1cc2oc(=O)cc(CN3CCNC(=O)[C@H]3c3c(C)nn(-c4ccccc4)c3C)c2cc1C. The molecule has 2 aromatic heterocycles. The number of fused-ring (bicyclic) bond motifs is 1. The molecule has 1 aliphatic heterocycles. The number of amides is 1. The Kier molecular flexibility index (Phi) is 5.57. The summed E-state index contributed by atoms with van der Waals surface area (Å²) in [5.74, 6) is -0.0515. The van der Waals surface area contributed by atoms with Crippen molar-refractivity contribution >= 4 is 16.9 Å². The lowest BCUT2D eigenvalue weighted by Crippen LogP contribution is -2.49. The van der Waals surface area contributed by atoms with Gasteiger partial charge in [-0.1, -0.05) is 18.2 Å². The monoisotopic (exact) mass is 456 g/mol. The van der Waals surface area contributed by atoms with Crippen LogP contribution < -0.4 is 10.9 Å². The summed E-state index contributed by atoms with van der Waals surface area (Å²) in [6, 6.07) is 14.9. The fraction of sp³-hybridized carbons (Fsp3) is 0.296. The second kappa shape index (κ2) is 8.57. The molecule has 7 nitrogen and oxygen atoms in total. The smallest absolute Gasteiger partial charge is 0.336 e. The molecule has 3 heterocycles. The van der Waals surface area contributed by atoms with E-state index in [0.717, 1.165) is 44.7 Å². The zero-order valence-corrected chi connectivity index (χ0v) is 19.9. The van der Waals surface area contributed by atoms with Crippen LogP contribution in [0.25, 0.3) is 16.7 Å². The molecule has 1 atom stereocenters. The molecule has 7 heteroatoms. The van der Waals surface area contributed by atoms with Crippen LogP contribution in [0.5, 0.6) is 0 Å². The van der Waals surface area contributed by atoms with E-state index in [4.69, 9.17) is 9.52 Å². The van der Waals surface area contributed by atoms with E-state index in [1.807, 2.05) is 68.8 Å². The molecule has 1 aliphatic rings. The van der Waals surface area contributed by atoms with Crippen LogP contribution >= 0.6 is 0 Å². The van der Waals surface area contributed by atoms with Crippen LogP contribution in [0, 0.1) is 27.7 Å². The number of para-hydroxylation sites is 1. The van der Waals surface area contributed by atoms with Crippen LogP contribution in [0.4, 0.5) is 0 Å². The molecule has 0 radical (unpaired) electrons. The van der Waals surface area contributed by atoms with Gasteiger partial charge in [-0.3, -0.25) is 9.69 Å². The minimum atomic E-state index is -0.500. The molecular weight excluding hydrogens is 428 g/mol. The standard InChI is InChI=1S/C27H28N4O3/c1-16-12-22-20(14-24(32)34-23(22)13-17(16)2)15-30-11-10-28-27(33)26(30)25-18(3)29-31(19(25)4)21-8-6-5-7-9-21/h5-9,12-14,26H,10-11,15H2,1-4H3,(H,28,33)/t26-/m1/s1. The average molecular weight is 457 g/mol. The first-order valence-corrected chi connectivity index (χ1v) is 11.5. The maximum Gasteiger partial charge on any atom is 0.336 e. The molecule has 0 saturated carbocycles. The minimum absolute atomic E-state index is 0.0515. The lowest BCUT2D eigenvalue weighted by atomic mass is 9.98.